The molecule has 168 valence electrons. The second-order valence-electron chi connectivity index (χ2n) is 9.69. The van der Waals surface area contributed by atoms with Gasteiger partial charge in [-0.3, -0.25) is 4.79 Å². The summed E-state index contributed by atoms with van der Waals surface area (Å²) < 4.78 is 0. The maximum atomic E-state index is 12.7. The highest BCUT2D eigenvalue weighted by atomic mass is 16.2. The molecule has 5 nitrogen and oxygen atoms in total. The number of piperidine rings is 1. The van der Waals surface area contributed by atoms with Crippen molar-refractivity contribution in [2.75, 3.05) is 31.1 Å². The molecular weight excluding hydrogens is 384 g/mol. The molecule has 31 heavy (non-hydrogen) atoms. The lowest BCUT2D eigenvalue weighted by Crippen LogP contribution is -2.43. The molecule has 0 radical (unpaired) electrons. The molecular formula is C26H38N4O. The average Bonchev–Trinajstić information content (AvgIpc) is 2.81. The zero-order valence-electron chi connectivity index (χ0n) is 18.8. The summed E-state index contributed by atoms with van der Waals surface area (Å²) in [5, 5.41) is 7.55. The van der Waals surface area contributed by atoms with Gasteiger partial charge in [-0.2, -0.15) is 0 Å². The van der Waals surface area contributed by atoms with Crippen molar-refractivity contribution in [3.05, 3.63) is 35.5 Å². The van der Waals surface area contributed by atoms with Crippen LogP contribution in [0.15, 0.2) is 24.4 Å². The molecule has 1 saturated heterocycles. The van der Waals surface area contributed by atoms with Gasteiger partial charge in [0.15, 0.2) is 0 Å². The molecule has 1 aromatic rings. The molecule has 5 heteroatoms. The average molecular weight is 423 g/mol. The van der Waals surface area contributed by atoms with Gasteiger partial charge in [-0.15, -0.1) is 0 Å². The van der Waals surface area contributed by atoms with E-state index in [1.807, 2.05) is 0 Å². The van der Waals surface area contributed by atoms with Crippen molar-refractivity contribution < 1.29 is 4.79 Å². The number of aryl methyl sites for hydroxylation is 1. The molecule has 4 rings (SSSR count). The fourth-order valence-electron chi connectivity index (χ4n) is 5.72. The number of nitrogens with one attached hydrogen (secondary N) is 1. The Kier molecular flexibility index (Phi) is 7.31. The van der Waals surface area contributed by atoms with Crippen LogP contribution in [0, 0.1) is 17.2 Å². The standard InChI is InChI=1S/C26H38N4O/c27-17-24(18-28)22-8-9-25-23(16-22)7-4-12-30(25)19-21-10-13-29(14-11-21)26(31)15-20-5-2-1-3-6-20/h8-9,16-18,20-21,27H,1-7,10-15,19,28H2/b24-18+,27-17?. The quantitative estimate of drug-likeness (QED) is 0.658. The lowest BCUT2D eigenvalue weighted by molar-refractivity contribution is -0.133. The summed E-state index contributed by atoms with van der Waals surface area (Å²) in [4.78, 5) is 17.4. The summed E-state index contributed by atoms with van der Waals surface area (Å²) >= 11 is 0. The molecule has 1 aromatic carbocycles. The fourth-order valence-corrected chi connectivity index (χ4v) is 5.72. The SMILES string of the molecule is N=C/C(=C\N)c1ccc2c(c1)CCCN2CC1CCN(C(=O)CC2CCCCC2)CC1. The maximum Gasteiger partial charge on any atom is 0.222 e. The number of hydrogen-bond acceptors (Lipinski definition) is 4. The normalized spacial score (nSPS) is 21.1. The van der Waals surface area contributed by atoms with E-state index >= 15 is 0 Å². The Morgan fingerprint density at radius 1 is 1.03 bits per heavy atom. The van der Waals surface area contributed by atoms with Crippen molar-refractivity contribution in [3.63, 3.8) is 0 Å². The molecule has 1 amide bonds. The van der Waals surface area contributed by atoms with Gasteiger partial charge in [0.1, 0.15) is 0 Å². The van der Waals surface area contributed by atoms with E-state index in [0.29, 0.717) is 17.7 Å². The van der Waals surface area contributed by atoms with Gasteiger partial charge < -0.3 is 20.9 Å². The number of rotatable bonds is 6. The van der Waals surface area contributed by atoms with Crippen molar-refractivity contribution in [3.8, 4) is 0 Å². The monoisotopic (exact) mass is 422 g/mol. The minimum Gasteiger partial charge on any atom is -0.404 e. The fraction of sp³-hybridized carbons (Fsp3) is 0.615. The predicted octanol–water partition coefficient (Wildman–Crippen LogP) is 4.60. The molecule has 1 aliphatic carbocycles. The third kappa shape index (κ3) is 5.31. The van der Waals surface area contributed by atoms with Crippen LogP contribution < -0.4 is 10.6 Å². The Labute approximate surface area is 187 Å². The van der Waals surface area contributed by atoms with E-state index in [2.05, 4.69) is 28.0 Å². The number of benzene rings is 1. The second-order valence-corrected chi connectivity index (χ2v) is 9.69. The topological polar surface area (TPSA) is 73.4 Å². The smallest absolute Gasteiger partial charge is 0.222 e. The maximum absolute atomic E-state index is 12.7. The van der Waals surface area contributed by atoms with Crippen LogP contribution in [0.25, 0.3) is 5.57 Å². The number of nitrogens with zero attached hydrogens (tertiary/aromatic N) is 2. The summed E-state index contributed by atoms with van der Waals surface area (Å²) in [5.74, 6) is 1.69. The summed E-state index contributed by atoms with van der Waals surface area (Å²) in [6.07, 6.45) is 14.6. The highest BCUT2D eigenvalue weighted by Gasteiger charge is 2.27. The van der Waals surface area contributed by atoms with Gasteiger partial charge in [0, 0.05) is 56.3 Å². The van der Waals surface area contributed by atoms with Gasteiger partial charge in [0.05, 0.1) is 0 Å². The van der Waals surface area contributed by atoms with Gasteiger partial charge in [0.25, 0.3) is 0 Å². The highest BCUT2D eigenvalue weighted by Crippen LogP contribution is 2.32. The van der Waals surface area contributed by atoms with Crippen molar-refractivity contribution >= 4 is 23.4 Å². The molecule has 0 aromatic heterocycles. The summed E-state index contributed by atoms with van der Waals surface area (Å²) in [6, 6.07) is 6.50. The predicted molar refractivity (Wildman–Crippen MR) is 128 cm³/mol. The molecule has 2 aliphatic heterocycles. The Bertz CT molecular complexity index is 804. The van der Waals surface area contributed by atoms with Crippen molar-refractivity contribution in [1.29, 1.82) is 5.41 Å². The number of fused-ring (bicyclic) bond motifs is 1. The molecule has 0 unspecified atom stereocenters. The molecule has 2 heterocycles. The van der Waals surface area contributed by atoms with Crippen LogP contribution in [-0.2, 0) is 11.2 Å². The lowest BCUT2D eigenvalue weighted by Gasteiger charge is -2.38. The zero-order chi connectivity index (χ0) is 21.6. The minimum absolute atomic E-state index is 0.399. The number of carbonyl (C=O) groups is 1. The molecule has 2 fully saturated rings. The van der Waals surface area contributed by atoms with Crippen LogP contribution >= 0.6 is 0 Å². The largest absolute Gasteiger partial charge is 0.404 e. The molecule has 0 bridgehead atoms. The number of hydrogen-bond donors (Lipinski definition) is 2. The first-order chi connectivity index (χ1) is 15.2. The van der Waals surface area contributed by atoms with Crippen molar-refractivity contribution in [1.82, 2.24) is 4.90 Å². The highest BCUT2D eigenvalue weighted by molar-refractivity contribution is 6.08. The summed E-state index contributed by atoms with van der Waals surface area (Å²) in [7, 11) is 0. The van der Waals surface area contributed by atoms with Crippen LogP contribution in [0.5, 0.6) is 0 Å². The number of nitrogens with two attached hydrogens (primary N) is 1. The van der Waals surface area contributed by atoms with Gasteiger partial charge in [-0.25, -0.2) is 0 Å². The molecule has 1 saturated carbocycles. The number of carbonyl (C=O) groups excluding carboxylic acids is 1. The van der Waals surface area contributed by atoms with Crippen molar-refractivity contribution in [2.24, 2.45) is 17.6 Å². The van der Waals surface area contributed by atoms with Gasteiger partial charge in [-0.05, 0) is 73.6 Å². The Morgan fingerprint density at radius 2 is 1.81 bits per heavy atom. The van der Waals surface area contributed by atoms with E-state index in [1.54, 1.807) is 0 Å². The first kappa shape index (κ1) is 21.9. The Hall–Kier alpha value is -2.30. The minimum atomic E-state index is 0.399. The van der Waals surface area contributed by atoms with E-state index in [9.17, 15) is 4.79 Å². The number of allylic oxidation sites excluding steroid dienone is 1. The first-order valence-electron chi connectivity index (χ1n) is 12.3. The van der Waals surface area contributed by atoms with Crippen LogP contribution in [-0.4, -0.2) is 43.2 Å². The van der Waals surface area contributed by atoms with E-state index in [0.717, 1.165) is 63.0 Å². The van der Waals surface area contributed by atoms with Crippen LogP contribution in [0.1, 0.15) is 68.9 Å². The zero-order valence-corrected chi connectivity index (χ0v) is 18.8. The molecule has 0 spiro atoms. The van der Waals surface area contributed by atoms with Gasteiger partial charge >= 0.3 is 0 Å². The van der Waals surface area contributed by atoms with Crippen LogP contribution in [0.2, 0.25) is 0 Å². The summed E-state index contributed by atoms with van der Waals surface area (Å²) in [5.41, 5.74) is 10.2. The van der Waals surface area contributed by atoms with Crippen LogP contribution in [0.3, 0.4) is 0 Å². The Morgan fingerprint density at radius 3 is 2.52 bits per heavy atom. The number of likely N-dealkylation sites (tertiary alicyclic amines) is 1. The first-order valence-corrected chi connectivity index (χ1v) is 12.3. The molecule has 3 N–H and O–H groups in total. The second kappa shape index (κ2) is 10.3. The van der Waals surface area contributed by atoms with E-state index in [-0.39, 0.29) is 0 Å². The summed E-state index contributed by atoms with van der Waals surface area (Å²) in [6.45, 7) is 4.05. The molecule has 0 atom stereocenters. The van der Waals surface area contributed by atoms with E-state index in [1.165, 1.54) is 62.2 Å². The van der Waals surface area contributed by atoms with Crippen LogP contribution in [0.4, 0.5) is 5.69 Å². The third-order valence-electron chi connectivity index (χ3n) is 7.60. The number of anilines is 1. The van der Waals surface area contributed by atoms with E-state index < -0.39 is 0 Å². The van der Waals surface area contributed by atoms with Crippen molar-refractivity contribution in [2.45, 2.75) is 64.2 Å². The third-order valence-corrected chi connectivity index (χ3v) is 7.60. The van der Waals surface area contributed by atoms with Gasteiger partial charge in [0.2, 0.25) is 5.91 Å². The van der Waals surface area contributed by atoms with Gasteiger partial charge in [-0.1, -0.05) is 25.3 Å². The van der Waals surface area contributed by atoms with E-state index in [4.69, 9.17) is 11.1 Å². The lowest BCUT2D eigenvalue weighted by atomic mass is 9.86. The Balaban J connectivity index is 1.31. The number of amides is 1. The molecule has 3 aliphatic rings.